The Morgan fingerprint density at radius 1 is 1.00 bits per heavy atom. The lowest BCUT2D eigenvalue weighted by Gasteiger charge is -2.12. The molecule has 1 aliphatic rings. The van der Waals surface area contributed by atoms with Crippen molar-refractivity contribution in [1.29, 1.82) is 0 Å². The SMILES string of the molecule is Nc1ccc(-c2ccc(C3=NCC(=O)CC3)cc2F)cc1. The number of aliphatic imine (C=N–C) groups is 1. The third-order valence-corrected chi connectivity index (χ3v) is 3.61. The van der Waals surface area contributed by atoms with Gasteiger partial charge in [-0.2, -0.15) is 0 Å². The lowest BCUT2D eigenvalue weighted by Crippen LogP contribution is -2.16. The average Bonchev–Trinajstić information content (AvgIpc) is 2.49. The molecule has 0 unspecified atom stereocenters. The molecule has 4 heteroatoms. The van der Waals surface area contributed by atoms with Crippen molar-refractivity contribution in [2.45, 2.75) is 12.8 Å². The number of carbonyl (C=O) groups excluding carboxylic acids is 1. The molecule has 1 heterocycles. The zero-order valence-corrected chi connectivity index (χ0v) is 11.5. The van der Waals surface area contributed by atoms with Crippen molar-refractivity contribution in [3.63, 3.8) is 0 Å². The Bertz CT molecular complexity index is 720. The summed E-state index contributed by atoms with van der Waals surface area (Å²) in [5.41, 5.74) is 9.16. The Morgan fingerprint density at radius 2 is 1.71 bits per heavy atom. The van der Waals surface area contributed by atoms with E-state index >= 15 is 0 Å². The smallest absolute Gasteiger partial charge is 0.154 e. The average molecular weight is 282 g/mol. The summed E-state index contributed by atoms with van der Waals surface area (Å²) in [5, 5.41) is 0. The Hall–Kier alpha value is -2.49. The number of hydrogen-bond donors (Lipinski definition) is 1. The fraction of sp³-hybridized carbons (Fsp3) is 0.176. The van der Waals surface area contributed by atoms with Gasteiger partial charge in [-0.25, -0.2) is 4.39 Å². The fourth-order valence-electron chi connectivity index (χ4n) is 2.43. The van der Waals surface area contributed by atoms with Crippen LogP contribution in [-0.4, -0.2) is 18.0 Å². The molecule has 0 aromatic heterocycles. The van der Waals surface area contributed by atoms with Crippen LogP contribution in [-0.2, 0) is 4.79 Å². The summed E-state index contributed by atoms with van der Waals surface area (Å²) in [5.74, 6) is -0.158. The summed E-state index contributed by atoms with van der Waals surface area (Å²) < 4.78 is 14.3. The summed E-state index contributed by atoms with van der Waals surface area (Å²) in [7, 11) is 0. The predicted octanol–water partition coefficient (Wildman–Crippen LogP) is 3.23. The maximum absolute atomic E-state index is 14.3. The van der Waals surface area contributed by atoms with Gasteiger partial charge in [-0.1, -0.05) is 24.3 Å². The first-order valence-corrected chi connectivity index (χ1v) is 6.84. The molecule has 0 saturated carbocycles. The highest BCUT2D eigenvalue weighted by Crippen LogP contribution is 2.25. The molecular formula is C17H15FN2O. The highest BCUT2D eigenvalue weighted by Gasteiger charge is 2.15. The number of nitrogens with two attached hydrogens (primary N) is 1. The molecule has 0 amide bonds. The topological polar surface area (TPSA) is 55.4 Å². The highest BCUT2D eigenvalue weighted by atomic mass is 19.1. The van der Waals surface area contributed by atoms with Crippen molar-refractivity contribution in [2.75, 3.05) is 12.3 Å². The van der Waals surface area contributed by atoms with Crippen LogP contribution in [0.25, 0.3) is 11.1 Å². The molecule has 1 aliphatic heterocycles. The van der Waals surface area contributed by atoms with Crippen molar-refractivity contribution >= 4 is 17.2 Å². The standard InChI is InChI=1S/C17H15FN2O/c18-16-9-12(17-8-6-14(21)10-20-17)3-7-15(16)11-1-4-13(19)5-2-11/h1-5,7,9H,6,8,10,19H2. The number of anilines is 1. The Labute approximate surface area is 122 Å². The number of Topliss-reactive ketones (excluding diaryl/α,β-unsaturated/α-hetero) is 1. The largest absolute Gasteiger partial charge is 0.399 e. The summed E-state index contributed by atoms with van der Waals surface area (Å²) in [4.78, 5) is 15.4. The number of halogens is 1. The number of nitrogens with zero attached hydrogens (tertiary/aromatic N) is 1. The maximum atomic E-state index is 14.3. The molecule has 0 atom stereocenters. The first kappa shape index (κ1) is 13.5. The van der Waals surface area contributed by atoms with E-state index in [1.54, 1.807) is 30.3 Å². The van der Waals surface area contributed by atoms with Gasteiger partial charge in [-0.3, -0.25) is 9.79 Å². The molecule has 0 spiro atoms. The number of hydrogen-bond acceptors (Lipinski definition) is 3. The van der Waals surface area contributed by atoms with E-state index in [1.165, 1.54) is 6.07 Å². The lowest BCUT2D eigenvalue weighted by atomic mass is 9.97. The molecule has 0 fully saturated rings. The molecular weight excluding hydrogens is 267 g/mol. The van der Waals surface area contributed by atoms with E-state index in [1.807, 2.05) is 6.07 Å². The second kappa shape index (κ2) is 5.48. The third-order valence-electron chi connectivity index (χ3n) is 3.61. The molecule has 0 aliphatic carbocycles. The highest BCUT2D eigenvalue weighted by molar-refractivity contribution is 6.05. The van der Waals surface area contributed by atoms with Crippen LogP contribution in [0.4, 0.5) is 10.1 Å². The zero-order valence-electron chi connectivity index (χ0n) is 11.5. The van der Waals surface area contributed by atoms with Gasteiger partial charge in [0.15, 0.2) is 5.78 Å². The Kier molecular flexibility index (Phi) is 3.52. The van der Waals surface area contributed by atoms with Crippen LogP contribution in [0.2, 0.25) is 0 Å². The van der Waals surface area contributed by atoms with Gasteiger partial charge in [0, 0.05) is 23.4 Å². The molecule has 21 heavy (non-hydrogen) atoms. The minimum atomic E-state index is -0.295. The molecule has 0 saturated heterocycles. The number of nitrogen functional groups attached to an aromatic ring is 1. The van der Waals surface area contributed by atoms with Crippen molar-refractivity contribution in [1.82, 2.24) is 0 Å². The minimum absolute atomic E-state index is 0.137. The van der Waals surface area contributed by atoms with E-state index in [2.05, 4.69) is 4.99 Å². The van der Waals surface area contributed by atoms with Gasteiger partial charge in [-0.05, 0) is 35.7 Å². The third kappa shape index (κ3) is 2.84. The number of benzene rings is 2. The van der Waals surface area contributed by atoms with E-state index in [0.29, 0.717) is 24.1 Å². The van der Waals surface area contributed by atoms with Crippen LogP contribution in [0, 0.1) is 5.82 Å². The first-order valence-electron chi connectivity index (χ1n) is 6.84. The molecule has 2 N–H and O–H groups in total. The number of carbonyl (C=O) groups is 1. The molecule has 0 bridgehead atoms. The molecule has 0 radical (unpaired) electrons. The summed E-state index contributed by atoms with van der Waals surface area (Å²) >= 11 is 0. The Balaban J connectivity index is 1.93. The van der Waals surface area contributed by atoms with Crippen molar-refractivity contribution < 1.29 is 9.18 Å². The number of ketones is 1. The number of rotatable bonds is 2. The lowest BCUT2D eigenvalue weighted by molar-refractivity contribution is -0.117. The predicted molar refractivity (Wildman–Crippen MR) is 81.9 cm³/mol. The van der Waals surface area contributed by atoms with Crippen LogP contribution in [0.15, 0.2) is 47.5 Å². The van der Waals surface area contributed by atoms with Gasteiger partial charge in [-0.15, -0.1) is 0 Å². The van der Waals surface area contributed by atoms with Gasteiger partial charge in [0.2, 0.25) is 0 Å². The van der Waals surface area contributed by atoms with Gasteiger partial charge in [0.1, 0.15) is 5.82 Å². The van der Waals surface area contributed by atoms with E-state index in [4.69, 9.17) is 5.73 Å². The van der Waals surface area contributed by atoms with E-state index in [9.17, 15) is 9.18 Å². The maximum Gasteiger partial charge on any atom is 0.154 e. The fourth-order valence-corrected chi connectivity index (χ4v) is 2.43. The van der Waals surface area contributed by atoms with Crippen LogP contribution in [0.3, 0.4) is 0 Å². The molecule has 106 valence electrons. The van der Waals surface area contributed by atoms with Gasteiger partial charge in [0.05, 0.1) is 6.54 Å². The molecule has 2 aromatic carbocycles. The molecule has 3 nitrogen and oxygen atoms in total. The van der Waals surface area contributed by atoms with E-state index in [0.717, 1.165) is 16.8 Å². The van der Waals surface area contributed by atoms with Crippen LogP contribution in [0.1, 0.15) is 18.4 Å². The normalized spacial score (nSPS) is 14.9. The Morgan fingerprint density at radius 3 is 2.33 bits per heavy atom. The van der Waals surface area contributed by atoms with Gasteiger partial charge >= 0.3 is 0 Å². The summed E-state index contributed by atoms with van der Waals surface area (Å²) in [6, 6.07) is 12.2. The quantitative estimate of drug-likeness (QED) is 0.860. The molecule has 2 aromatic rings. The minimum Gasteiger partial charge on any atom is -0.399 e. The van der Waals surface area contributed by atoms with Crippen LogP contribution >= 0.6 is 0 Å². The van der Waals surface area contributed by atoms with Crippen molar-refractivity contribution in [2.24, 2.45) is 4.99 Å². The monoisotopic (exact) mass is 282 g/mol. The van der Waals surface area contributed by atoms with Crippen molar-refractivity contribution in [3.05, 3.63) is 53.8 Å². The summed E-state index contributed by atoms with van der Waals surface area (Å²) in [6.07, 6.45) is 1.07. The van der Waals surface area contributed by atoms with Gasteiger partial charge < -0.3 is 5.73 Å². The zero-order chi connectivity index (χ0) is 14.8. The van der Waals surface area contributed by atoms with Crippen LogP contribution < -0.4 is 5.73 Å². The second-order valence-corrected chi connectivity index (χ2v) is 5.12. The summed E-state index contributed by atoms with van der Waals surface area (Å²) in [6.45, 7) is 0.205. The first-order chi connectivity index (χ1) is 10.1. The van der Waals surface area contributed by atoms with Crippen molar-refractivity contribution in [3.8, 4) is 11.1 Å². The van der Waals surface area contributed by atoms with Crippen LogP contribution in [0.5, 0.6) is 0 Å². The second-order valence-electron chi connectivity index (χ2n) is 5.12. The van der Waals surface area contributed by atoms with Gasteiger partial charge in [0.25, 0.3) is 0 Å². The van der Waals surface area contributed by atoms with E-state index in [-0.39, 0.29) is 18.1 Å². The van der Waals surface area contributed by atoms with E-state index < -0.39 is 0 Å². The molecule has 3 rings (SSSR count).